The molecule has 1 aliphatic carbocycles. The van der Waals surface area contributed by atoms with Crippen molar-refractivity contribution in [3.63, 3.8) is 0 Å². The predicted molar refractivity (Wildman–Crippen MR) is 100 cm³/mol. The van der Waals surface area contributed by atoms with Crippen LogP contribution >= 0.6 is 11.3 Å². The molecular formula is C18H25NO5S2. The summed E-state index contributed by atoms with van der Waals surface area (Å²) in [6.07, 6.45) is 3.58. The van der Waals surface area contributed by atoms with E-state index in [1.807, 2.05) is 19.9 Å². The van der Waals surface area contributed by atoms with E-state index in [1.54, 1.807) is 4.90 Å². The molecule has 6 nitrogen and oxygen atoms in total. The van der Waals surface area contributed by atoms with Crippen LogP contribution in [0.15, 0.2) is 6.07 Å². The Morgan fingerprint density at radius 2 is 2.12 bits per heavy atom. The Morgan fingerprint density at radius 1 is 1.35 bits per heavy atom. The predicted octanol–water partition coefficient (Wildman–Crippen LogP) is 2.07. The van der Waals surface area contributed by atoms with Crippen molar-refractivity contribution in [1.29, 1.82) is 0 Å². The zero-order valence-electron chi connectivity index (χ0n) is 15.2. The van der Waals surface area contributed by atoms with E-state index in [-0.39, 0.29) is 36.0 Å². The highest BCUT2D eigenvalue weighted by molar-refractivity contribution is 7.91. The Kier molecular flexibility index (Phi) is 5.72. The van der Waals surface area contributed by atoms with Crippen LogP contribution in [-0.4, -0.2) is 55.9 Å². The van der Waals surface area contributed by atoms with E-state index in [0.717, 1.165) is 19.3 Å². The molecule has 1 atom stereocenters. The number of hydrogen-bond acceptors (Lipinski definition) is 6. The Hall–Kier alpha value is -1.41. The molecule has 1 aliphatic heterocycles. The normalized spacial score (nSPS) is 21.0. The van der Waals surface area contributed by atoms with Gasteiger partial charge in [0.1, 0.15) is 4.88 Å². The number of nitrogens with zero attached hydrogens (tertiary/aromatic N) is 1. The SMILES string of the molecule is CC(C)CN(C(=O)COC(=O)c1cc2c(s1)CCC2)[C@@H]1CCS(=O)(=O)C1. The van der Waals surface area contributed by atoms with Crippen molar-refractivity contribution in [2.45, 2.75) is 45.6 Å². The summed E-state index contributed by atoms with van der Waals surface area (Å²) in [4.78, 5) is 28.2. The van der Waals surface area contributed by atoms with Gasteiger partial charge in [-0.2, -0.15) is 0 Å². The lowest BCUT2D eigenvalue weighted by Gasteiger charge is -2.29. The molecule has 0 saturated carbocycles. The van der Waals surface area contributed by atoms with Crippen molar-refractivity contribution in [3.05, 3.63) is 21.4 Å². The highest BCUT2D eigenvalue weighted by atomic mass is 32.2. The van der Waals surface area contributed by atoms with Gasteiger partial charge in [0.15, 0.2) is 16.4 Å². The van der Waals surface area contributed by atoms with Gasteiger partial charge in [0.05, 0.1) is 11.5 Å². The second-order valence-corrected chi connectivity index (χ2v) is 10.9. The Balaban J connectivity index is 1.60. The summed E-state index contributed by atoms with van der Waals surface area (Å²) in [5, 5.41) is 0. The van der Waals surface area contributed by atoms with Crippen LogP contribution in [0.2, 0.25) is 0 Å². The first-order valence-corrected chi connectivity index (χ1v) is 11.7. The van der Waals surface area contributed by atoms with Gasteiger partial charge in [-0.15, -0.1) is 11.3 Å². The van der Waals surface area contributed by atoms with Gasteiger partial charge < -0.3 is 9.64 Å². The van der Waals surface area contributed by atoms with Gasteiger partial charge >= 0.3 is 5.97 Å². The molecule has 144 valence electrons. The number of carbonyl (C=O) groups excluding carboxylic acids is 2. The first-order valence-electron chi connectivity index (χ1n) is 9.04. The molecule has 2 aliphatic rings. The molecule has 3 rings (SSSR count). The molecule has 0 spiro atoms. The number of sulfone groups is 1. The van der Waals surface area contributed by atoms with E-state index in [2.05, 4.69) is 0 Å². The minimum atomic E-state index is -3.08. The van der Waals surface area contributed by atoms with Crippen molar-refractivity contribution >= 4 is 33.1 Å². The highest BCUT2D eigenvalue weighted by Gasteiger charge is 2.35. The zero-order valence-corrected chi connectivity index (χ0v) is 16.8. The highest BCUT2D eigenvalue weighted by Crippen LogP contribution is 2.31. The number of thiophene rings is 1. The van der Waals surface area contributed by atoms with E-state index >= 15 is 0 Å². The van der Waals surface area contributed by atoms with Gasteiger partial charge in [-0.25, -0.2) is 13.2 Å². The largest absolute Gasteiger partial charge is 0.451 e. The maximum absolute atomic E-state index is 12.6. The van der Waals surface area contributed by atoms with Crippen LogP contribution in [0.25, 0.3) is 0 Å². The number of hydrogen-bond donors (Lipinski definition) is 0. The Bertz CT molecular complexity index is 775. The van der Waals surface area contributed by atoms with Gasteiger partial charge in [-0.3, -0.25) is 4.79 Å². The lowest BCUT2D eigenvalue weighted by Crippen LogP contribution is -2.45. The van der Waals surface area contributed by atoms with Gasteiger partial charge in [0, 0.05) is 17.5 Å². The number of rotatable bonds is 6. The van der Waals surface area contributed by atoms with E-state index in [9.17, 15) is 18.0 Å². The minimum absolute atomic E-state index is 0.00293. The lowest BCUT2D eigenvalue weighted by molar-refractivity contribution is -0.137. The van der Waals surface area contributed by atoms with Crippen molar-refractivity contribution in [2.75, 3.05) is 24.7 Å². The van der Waals surface area contributed by atoms with E-state index in [1.165, 1.54) is 21.8 Å². The lowest BCUT2D eigenvalue weighted by atomic mass is 10.1. The summed E-state index contributed by atoms with van der Waals surface area (Å²) in [6.45, 7) is 4.07. The van der Waals surface area contributed by atoms with Crippen molar-refractivity contribution < 1.29 is 22.7 Å². The van der Waals surface area contributed by atoms with Crippen LogP contribution in [-0.2, 0) is 32.2 Å². The van der Waals surface area contributed by atoms with Gasteiger partial charge in [0.25, 0.3) is 5.91 Å². The molecule has 0 radical (unpaired) electrons. The van der Waals surface area contributed by atoms with E-state index < -0.39 is 15.8 Å². The molecule has 1 aromatic heterocycles. The summed E-state index contributed by atoms with van der Waals surface area (Å²) in [7, 11) is -3.08. The minimum Gasteiger partial charge on any atom is -0.451 e. The molecule has 0 aromatic carbocycles. The summed E-state index contributed by atoms with van der Waals surface area (Å²) in [5.74, 6) is -0.477. The number of amides is 1. The zero-order chi connectivity index (χ0) is 18.9. The maximum Gasteiger partial charge on any atom is 0.348 e. The van der Waals surface area contributed by atoms with Gasteiger partial charge in [0.2, 0.25) is 0 Å². The fourth-order valence-electron chi connectivity index (χ4n) is 3.58. The molecular weight excluding hydrogens is 374 g/mol. The summed E-state index contributed by atoms with van der Waals surface area (Å²) < 4.78 is 28.7. The van der Waals surface area contributed by atoms with Crippen LogP contribution in [0.4, 0.5) is 0 Å². The second kappa shape index (κ2) is 7.68. The average Bonchev–Trinajstić information content (AvgIpc) is 3.23. The number of ether oxygens (including phenoxy) is 1. The second-order valence-electron chi connectivity index (χ2n) is 7.49. The number of aryl methyl sites for hydroxylation is 2. The maximum atomic E-state index is 12.6. The van der Waals surface area contributed by atoms with Crippen LogP contribution in [0, 0.1) is 5.92 Å². The quantitative estimate of drug-likeness (QED) is 0.684. The molecule has 26 heavy (non-hydrogen) atoms. The van der Waals surface area contributed by atoms with Crippen LogP contribution in [0.3, 0.4) is 0 Å². The smallest absolute Gasteiger partial charge is 0.348 e. The monoisotopic (exact) mass is 399 g/mol. The Morgan fingerprint density at radius 3 is 2.73 bits per heavy atom. The summed E-state index contributed by atoms with van der Waals surface area (Å²) >= 11 is 1.45. The Labute approximate surface area is 158 Å². The fourth-order valence-corrected chi connectivity index (χ4v) is 6.46. The summed E-state index contributed by atoms with van der Waals surface area (Å²) in [5.41, 5.74) is 1.21. The van der Waals surface area contributed by atoms with Crippen LogP contribution in [0.5, 0.6) is 0 Å². The van der Waals surface area contributed by atoms with Crippen LogP contribution < -0.4 is 0 Å². The van der Waals surface area contributed by atoms with Crippen molar-refractivity contribution in [3.8, 4) is 0 Å². The molecule has 1 aromatic rings. The molecule has 0 bridgehead atoms. The third kappa shape index (κ3) is 4.46. The van der Waals surface area contributed by atoms with Crippen molar-refractivity contribution in [1.82, 2.24) is 4.90 Å². The molecule has 8 heteroatoms. The molecule has 1 saturated heterocycles. The van der Waals surface area contributed by atoms with Gasteiger partial charge in [-0.1, -0.05) is 13.8 Å². The molecule has 0 N–H and O–H groups in total. The number of fused-ring (bicyclic) bond motifs is 1. The first kappa shape index (κ1) is 19.4. The summed E-state index contributed by atoms with van der Waals surface area (Å²) in [6, 6.07) is 1.55. The van der Waals surface area contributed by atoms with E-state index in [0.29, 0.717) is 17.8 Å². The first-order chi connectivity index (χ1) is 12.2. The average molecular weight is 400 g/mol. The third-order valence-corrected chi connectivity index (χ3v) is 7.77. The third-order valence-electron chi connectivity index (χ3n) is 4.81. The van der Waals surface area contributed by atoms with Crippen molar-refractivity contribution in [2.24, 2.45) is 5.92 Å². The molecule has 0 unspecified atom stereocenters. The van der Waals surface area contributed by atoms with Crippen LogP contribution in [0.1, 0.15) is 46.8 Å². The fraction of sp³-hybridized carbons (Fsp3) is 0.667. The molecule has 2 heterocycles. The molecule has 1 fully saturated rings. The number of esters is 1. The van der Waals surface area contributed by atoms with Gasteiger partial charge in [-0.05, 0) is 43.2 Å². The number of carbonyl (C=O) groups is 2. The molecule has 1 amide bonds. The standard InChI is InChI=1S/C18H25NO5S2/c1-12(2)9-19(14-6-7-26(22,23)11-14)17(20)10-24-18(21)16-8-13-4-3-5-15(13)25-16/h8,12,14H,3-7,9-11H2,1-2H3/t14-/m1/s1. The topological polar surface area (TPSA) is 80.8 Å². The van der Waals surface area contributed by atoms with E-state index in [4.69, 9.17) is 4.74 Å².